The Morgan fingerprint density at radius 3 is 2.85 bits per heavy atom. The van der Waals surface area contributed by atoms with E-state index in [9.17, 15) is 4.79 Å². The van der Waals surface area contributed by atoms with Gasteiger partial charge in [-0.05, 0) is 17.7 Å². The SMILES string of the molecule is COC(=O)[C@H](N)c1cccc(Br)c1. The summed E-state index contributed by atoms with van der Waals surface area (Å²) in [5, 5.41) is 0. The normalized spacial score (nSPS) is 12.2. The van der Waals surface area contributed by atoms with Gasteiger partial charge in [0.1, 0.15) is 6.04 Å². The molecule has 0 aliphatic heterocycles. The van der Waals surface area contributed by atoms with Crippen molar-refractivity contribution < 1.29 is 9.53 Å². The minimum atomic E-state index is -0.706. The van der Waals surface area contributed by atoms with Gasteiger partial charge in [-0.15, -0.1) is 0 Å². The molecule has 3 nitrogen and oxygen atoms in total. The van der Waals surface area contributed by atoms with Gasteiger partial charge in [-0.3, -0.25) is 4.79 Å². The zero-order chi connectivity index (χ0) is 9.84. The molecule has 4 heteroatoms. The first-order valence-corrected chi connectivity index (χ1v) is 4.53. The molecule has 70 valence electrons. The molecular weight excluding hydrogens is 234 g/mol. The van der Waals surface area contributed by atoms with Crippen LogP contribution in [0.5, 0.6) is 0 Å². The maximum atomic E-state index is 11.1. The zero-order valence-electron chi connectivity index (χ0n) is 7.16. The Morgan fingerprint density at radius 2 is 2.31 bits per heavy atom. The molecule has 0 amide bonds. The Morgan fingerprint density at radius 1 is 1.62 bits per heavy atom. The summed E-state index contributed by atoms with van der Waals surface area (Å²) in [5.41, 5.74) is 6.36. The third-order valence-corrected chi connectivity index (χ3v) is 2.16. The lowest BCUT2D eigenvalue weighted by Gasteiger charge is -2.09. The summed E-state index contributed by atoms with van der Waals surface area (Å²) in [4.78, 5) is 11.1. The summed E-state index contributed by atoms with van der Waals surface area (Å²) in [5.74, 6) is -0.432. The van der Waals surface area contributed by atoms with Crippen molar-refractivity contribution in [3.8, 4) is 0 Å². The first-order chi connectivity index (χ1) is 6.15. The molecule has 0 spiro atoms. The molecule has 0 fully saturated rings. The standard InChI is InChI=1S/C9H10BrNO2/c1-13-9(12)8(11)6-3-2-4-7(10)5-6/h2-5,8H,11H2,1H3/t8-/m1/s1. The number of nitrogens with two attached hydrogens (primary N) is 1. The van der Waals surface area contributed by atoms with Gasteiger partial charge in [-0.2, -0.15) is 0 Å². The smallest absolute Gasteiger partial charge is 0.327 e. The van der Waals surface area contributed by atoms with Gasteiger partial charge in [-0.1, -0.05) is 28.1 Å². The van der Waals surface area contributed by atoms with E-state index < -0.39 is 12.0 Å². The van der Waals surface area contributed by atoms with Gasteiger partial charge >= 0.3 is 5.97 Å². The van der Waals surface area contributed by atoms with Crippen LogP contribution in [-0.2, 0) is 9.53 Å². The number of hydrogen-bond acceptors (Lipinski definition) is 3. The molecule has 2 N–H and O–H groups in total. The molecule has 0 aromatic heterocycles. The summed E-state index contributed by atoms with van der Waals surface area (Å²) in [6, 6.07) is 6.56. The van der Waals surface area contributed by atoms with E-state index in [0.717, 1.165) is 10.0 Å². The second-order valence-corrected chi connectivity index (χ2v) is 3.47. The maximum Gasteiger partial charge on any atom is 0.327 e. The van der Waals surface area contributed by atoms with Crippen molar-refractivity contribution in [1.82, 2.24) is 0 Å². The second-order valence-electron chi connectivity index (χ2n) is 2.56. The molecule has 1 atom stereocenters. The number of carbonyl (C=O) groups is 1. The van der Waals surface area contributed by atoms with Crippen LogP contribution in [0.3, 0.4) is 0 Å². The van der Waals surface area contributed by atoms with Crippen molar-refractivity contribution >= 4 is 21.9 Å². The molecule has 0 heterocycles. The van der Waals surface area contributed by atoms with Gasteiger partial charge in [0.2, 0.25) is 0 Å². The maximum absolute atomic E-state index is 11.1. The van der Waals surface area contributed by atoms with Gasteiger partial charge < -0.3 is 10.5 Å². The first kappa shape index (κ1) is 10.2. The zero-order valence-corrected chi connectivity index (χ0v) is 8.74. The average molecular weight is 244 g/mol. The van der Waals surface area contributed by atoms with E-state index in [2.05, 4.69) is 20.7 Å². The molecule has 0 aliphatic rings. The Kier molecular flexibility index (Phi) is 3.45. The van der Waals surface area contributed by atoms with E-state index in [1.807, 2.05) is 12.1 Å². The van der Waals surface area contributed by atoms with Crippen molar-refractivity contribution in [1.29, 1.82) is 0 Å². The molecule has 0 radical (unpaired) electrons. The quantitative estimate of drug-likeness (QED) is 0.804. The molecule has 1 aromatic carbocycles. The molecule has 1 aromatic rings. The first-order valence-electron chi connectivity index (χ1n) is 3.74. The van der Waals surface area contributed by atoms with Crippen LogP contribution in [0, 0.1) is 0 Å². The number of methoxy groups -OCH3 is 1. The number of rotatable bonds is 2. The highest BCUT2D eigenvalue weighted by atomic mass is 79.9. The molecule has 0 aliphatic carbocycles. The Labute approximate surface area is 85.0 Å². The number of hydrogen-bond donors (Lipinski definition) is 1. The second kappa shape index (κ2) is 4.39. The van der Waals surface area contributed by atoms with Crippen LogP contribution in [0.4, 0.5) is 0 Å². The number of ether oxygens (including phenoxy) is 1. The van der Waals surface area contributed by atoms with Crippen molar-refractivity contribution in [3.05, 3.63) is 34.3 Å². The lowest BCUT2D eigenvalue weighted by molar-refractivity contribution is -0.142. The summed E-state index contributed by atoms with van der Waals surface area (Å²) in [7, 11) is 1.32. The number of halogens is 1. The minimum absolute atomic E-state index is 0.432. The topological polar surface area (TPSA) is 52.3 Å². The van der Waals surface area contributed by atoms with E-state index in [0.29, 0.717) is 0 Å². The average Bonchev–Trinajstić information content (AvgIpc) is 2.15. The molecule has 0 unspecified atom stereocenters. The van der Waals surface area contributed by atoms with E-state index >= 15 is 0 Å². The molecule has 0 saturated carbocycles. The predicted molar refractivity (Wildman–Crippen MR) is 53.1 cm³/mol. The molecular formula is C9H10BrNO2. The van der Waals surface area contributed by atoms with Crippen LogP contribution in [0.2, 0.25) is 0 Å². The van der Waals surface area contributed by atoms with E-state index in [4.69, 9.17) is 5.73 Å². The molecule has 0 bridgehead atoms. The van der Waals surface area contributed by atoms with Gasteiger partial charge in [0.05, 0.1) is 7.11 Å². The van der Waals surface area contributed by atoms with Crippen molar-refractivity contribution in [2.75, 3.05) is 7.11 Å². The Balaban J connectivity index is 2.88. The fourth-order valence-electron chi connectivity index (χ4n) is 0.963. The van der Waals surface area contributed by atoms with Crippen molar-refractivity contribution in [3.63, 3.8) is 0 Å². The summed E-state index contributed by atoms with van der Waals surface area (Å²) >= 11 is 3.29. The van der Waals surface area contributed by atoms with Crippen molar-refractivity contribution in [2.45, 2.75) is 6.04 Å². The number of esters is 1. The van der Waals surface area contributed by atoms with E-state index in [1.54, 1.807) is 12.1 Å². The monoisotopic (exact) mass is 243 g/mol. The fourth-order valence-corrected chi connectivity index (χ4v) is 1.38. The minimum Gasteiger partial charge on any atom is -0.468 e. The summed E-state index contributed by atoms with van der Waals surface area (Å²) in [6.45, 7) is 0. The summed E-state index contributed by atoms with van der Waals surface area (Å²) < 4.78 is 5.42. The highest BCUT2D eigenvalue weighted by Gasteiger charge is 2.15. The van der Waals surface area contributed by atoms with Crippen LogP contribution in [0.15, 0.2) is 28.7 Å². The van der Waals surface area contributed by atoms with Gasteiger partial charge in [0.15, 0.2) is 0 Å². The number of benzene rings is 1. The summed E-state index contributed by atoms with van der Waals surface area (Å²) in [6.07, 6.45) is 0. The van der Waals surface area contributed by atoms with Crippen LogP contribution in [-0.4, -0.2) is 13.1 Å². The third-order valence-electron chi connectivity index (χ3n) is 1.66. The number of carbonyl (C=O) groups excluding carboxylic acids is 1. The molecule has 0 saturated heterocycles. The van der Waals surface area contributed by atoms with Gasteiger partial charge in [0.25, 0.3) is 0 Å². The lowest BCUT2D eigenvalue weighted by atomic mass is 10.1. The third kappa shape index (κ3) is 2.54. The van der Waals surface area contributed by atoms with Crippen molar-refractivity contribution in [2.24, 2.45) is 5.73 Å². The predicted octanol–water partition coefficient (Wildman–Crippen LogP) is 1.62. The van der Waals surface area contributed by atoms with E-state index in [-0.39, 0.29) is 0 Å². The molecule has 13 heavy (non-hydrogen) atoms. The van der Waals surface area contributed by atoms with Crippen LogP contribution in [0.25, 0.3) is 0 Å². The lowest BCUT2D eigenvalue weighted by Crippen LogP contribution is -2.22. The van der Waals surface area contributed by atoms with Crippen LogP contribution < -0.4 is 5.73 Å². The van der Waals surface area contributed by atoms with Crippen LogP contribution >= 0.6 is 15.9 Å². The Bertz CT molecular complexity index is 314. The van der Waals surface area contributed by atoms with E-state index in [1.165, 1.54) is 7.11 Å². The van der Waals surface area contributed by atoms with Gasteiger partial charge in [-0.25, -0.2) is 0 Å². The highest BCUT2D eigenvalue weighted by molar-refractivity contribution is 9.10. The molecule has 1 rings (SSSR count). The fraction of sp³-hybridized carbons (Fsp3) is 0.222. The largest absolute Gasteiger partial charge is 0.468 e. The highest BCUT2D eigenvalue weighted by Crippen LogP contribution is 2.17. The van der Waals surface area contributed by atoms with Crippen LogP contribution in [0.1, 0.15) is 11.6 Å². The Hall–Kier alpha value is -0.870. The van der Waals surface area contributed by atoms with Gasteiger partial charge in [0, 0.05) is 4.47 Å².